The summed E-state index contributed by atoms with van der Waals surface area (Å²) in [5, 5.41) is 3.76. The summed E-state index contributed by atoms with van der Waals surface area (Å²) in [6.07, 6.45) is 3.34. The molecule has 3 nitrogen and oxygen atoms in total. The number of para-hydroxylation sites is 1. The molecule has 2 fully saturated rings. The Morgan fingerprint density at radius 2 is 1.81 bits per heavy atom. The molecule has 0 aromatic heterocycles. The summed E-state index contributed by atoms with van der Waals surface area (Å²) in [5.41, 5.74) is 2.29. The second kappa shape index (κ2) is 7.45. The molecule has 5 heteroatoms. The second-order valence-electron chi connectivity index (χ2n) is 7.15. The molecule has 4 rings (SSSR count). The molecular weight excluding hydrogens is 353 g/mol. The van der Waals surface area contributed by atoms with Crippen LogP contribution in [0.25, 0.3) is 0 Å². The van der Waals surface area contributed by atoms with E-state index in [4.69, 9.17) is 9.47 Å². The topological polar surface area (TPSA) is 30.5 Å². The molecule has 0 saturated heterocycles. The largest absolute Gasteiger partial charge is 0.496 e. The first kappa shape index (κ1) is 19.0. The maximum Gasteiger partial charge on any atom is 0.123 e. The van der Waals surface area contributed by atoms with Crippen LogP contribution in [0.2, 0.25) is 0 Å². The van der Waals surface area contributed by atoms with Crippen molar-refractivity contribution in [2.45, 2.75) is 30.7 Å². The van der Waals surface area contributed by atoms with Gasteiger partial charge in [-0.2, -0.15) is 0 Å². The summed E-state index contributed by atoms with van der Waals surface area (Å²) in [5.74, 6) is 2.46. The summed E-state index contributed by atoms with van der Waals surface area (Å²) in [6, 6.07) is 13.1. The van der Waals surface area contributed by atoms with Crippen LogP contribution >= 0.6 is 12.4 Å². The zero-order valence-corrected chi connectivity index (χ0v) is 15.9. The van der Waals surface area contributed by atoms with E-state index in [-0.39, 0.29) is 23.8 Å². The maximum atomic E-state index is 13.6. The Labute approximate surface area is 160 Å². The molecule has 2 unspecified atom stereocenters. The van der Waals surface area contributed by atoms with E-state index in [2.05, 4.69) is 17.4 Å². The minimum atomic E-state index is -0.193. The molecule has 0 aliphatic heterocycles. The van der Waals surface area contributed by atoms with Crippen molar-refractivity contribution in [3.05, 3.63) is 59.4 Å². The summed E-state index contributed by atoms with van der Waals surface area (Å²) >= 11 is 0. The molecular formula is C21H25ClFNO2. The molecule has 2 aliphatic rings. The molecule has 0 radical (unpaired) electrons. The van der Waals surface area contributed by atoms with Crippen LogP contribution in [-0.4, -0.2) is 20.8 Å². The van der Waals surface area contributed by atoms with E-state index in [1.807, 2.05) is 12.1 Å². The number of methoxy groups -OCH3 is 2. The van der Waals surface area contributed by atoms with Crippen molar-refractivity contribution in [2.75, 3.05) is 20.8 Å². The number of nitrogens with one attached hydrogen (secondary N) is 1. The summed E-state index contributed by atoms with van der Waals surface area (Å²) in [4.78, 5) is 0. The summed E-state index contributed by atoms with van der Waals surface area (Å²) < 4.78 is 24.5. The van der Waals surface area contributed by atoms with Crippen LogP contribution in [0.3, 0.4) is 0 Å². The second-order valence-corrected chi connectivity index (χ2v) is 7.15. The first-order chi connectivity index (χ1) is 12.2. The van der Waals surface area contributed by atoms with E-state index in [1.165, 1.54) is 11.6 Å². The minimum absolute atomic E-state index is 0. The molecule has 2 aliphatic carbocycles. The van der Waals surface area contributed by atoms with Gasteiger partial charge in [0.05, 0.1) is 14.2 Å². The van der Waals surface area contributed by atoms with E-state index in [1.54, 1.807) is 26.4 Å². The standard InChI is InChI=1S/C21H24FNO2.ClH/c1-24-19-8-7-15(22)12-17(19)16-11-14(16)13-23-21(9-10-21)18-5-3-4-6-20(18)25-2;/h3-8,12,14,16,23H,9-11,13H2,1-2H3;1H. The number of ether oxygens (including phenoxy) is 2. The van der Waals surface area contributed by atoms with Crippen molar-refractivity contribution in [3.8, 4) is 11.5 Å². The third kappa shape index (κ3) is 3.53. The van der Waals surface area contributed by atoms with E-state index >= 15 is 0 Å². The van der Waals surface area contributed by atoms with Gasteiger partial charge in [0.2, 0.25) is 0 Å². The van der Waals surface area contributed by atoms with Crippen molar-refractivity contribution in [3.63, 3.8) is 0 Å². The Balaban J connectivity index is 0.00000196. The van der Waals surface area contributed by atoms with Crippen molar-refractivity contribution < 1.29 is 13.9 Å². The van der Waals surface area contributed by atoms with Crippen LogP contribution < -0.4 is 14.8 Å². The quantitative estimate of drug-likeness (QED) is 0.762. The first-order valence-electron chi connectivity index (χ1n) is 8.89. The molecule has 1 N–H and O–H groups in total. The average molecular weight is 378 g/mol. The fourth-order valence-electron chi connectivity index (χ4n) is 3.88. The van der Waals surface area contributed by atoms with Gasteiger partial charge in [0.15, 0.2) is 0 Å². The van der Waals surface area contributed by atoms with Crippen molar-refractivity contribution in [1.82, 2.24) is 5.32 Å². The van der Waals surface area contributed by atoms with E-state index in [0.717, 1.165) is 42.9 Å². The smallest absolute Gasteiger partial charge is 0.123 e. The van der Waals surface area contributed by atoms with Crippen LogP contribution in [0.5, 0.6) is 11.5 Å². The molecule has 0 spiro atoms. The van der Waals surface area contributed by atoms with Crippen molar-refractivity contribution >= 4 is 12.4 Å². The fraction of sp³-hybridized carbons (Fsp3) is 0.429. The number of rotatable bonds is 7. The Morgan fingerprint density at radius 3 is 2.50 bits per heavy atom. The Bertz CT molecular complexity index is 778. The van der Waals surface area contributed by atoms with Crippen LogP contribution in [0.15, 0.2) is 42.5 Å². The van der Waals surface area contributed by atoms with E-state index in [9.17, 15) is 4.39 Å². The summed E-state index contributed by atoms with van der Waals surface area (Å²) in [7, 11) is 3.37. The number of hydrogen-bond acceptors (Lipinski definition) is 3. The lowest BCUT2D eigenvalue weighted by molar-refractivity contribution is 0.392. The minimum Gasteiger partial charge on any atom is -0.496 e. The Kier molecular flexibility index (Phi) is 5.44. The van der Waals surface area contributed by atoms with Gasteiger partial charge < -0.3 is 14.8 Å². The average Bonchev–Trinajstić information content (AvgIpc) is 3.55. The lowest BCUT2D eigenvalue weighted by atomic mass is 10.0. The highest BCUT2D eigenvalue weighted by Gasteiger charge is 2.48. The highest BCUT2D eigenvalue weighted by molar-refractivity contribution is 5.85. The van der Waals surface area contributed by atoms with E-state index < -0.39 is 0 Å². The molecule has 0 bridgehead atoms. The molecule has 0 amide bonds. The van der Waals surface area contributed by atoms with Gasteiger partial charge in [-0.1, -0.05) is 18.2 Å². The zero-order chi connectivity index (χ0) is 17.4. The van der Waals surface area contributed by atoms with Gasteiger partial charge in [-0.05, 0) is 61.9 Å². The lowest BCUT2D eigenvalue weighted by Gasteiger charge is -2.20. The predicted molar refractivity (Wildman–Crippen MR) is 103 cm³/mol. The van der Waals surface area contributed by atoms with E-state index in [0.29, 0.717) is 11.8 Å². The molecule has 140 valence electrons. The Morgan fingerprint density at radius 1 is 1.08 bits per heavy atom. The van der Waals surface area contributed by atoms with Gasteiger partial charge in [0.1, 0.15) is 17.3 Å². The normalized spacial score (nSPS) is 22.3. The first-order valence-corrected chi connectivity index (χ1v) is 8.89. The zero-order valence-electron chi connectivity index (χ0n) is 15.1. The monoisotopic (exact) mass is 377 g/mol. The number of halogens is 2. The van der Waals surface area contributed by atoms with Crippen LogP contribution in [0.1, 0.15) is 36.3 Å². The summed E-state index contributed by atoms with van der Waals surface area (Å²) in [6.45, 7) is 0.933. The highest BCUT2D eigenvalue weighted by atomic mass is 35.5. The van der Waals surface area contributed by atoms with Crippen LogP contribution in [0.4, 0.5) is 4.39 Å². The third-order valence-corrected chi connectivity index (χ3v) is 5.59. The van der Waals surface area contributed by atoms with Crippen LogP contribution in [0, 0.1) is 11.7 Å². The van der Waals surface area contributed by atoms with Gasteiger partial charge in [-0.25, -0.2) is 4.39 Å². The number of hydrogen-bond donors (Lipinski definition) is 1. The molecule has 2 atom stereocenters. The van der Waals surface area contributed by atoms with Gasteiger partial charge >= 0.3 is 0 Å². The maximum absolute atomic E-state index is 13.6. The predicted octanol–water partition coefficient (Wildman–Crippen LogP) is 4.65. The molecule has 2 aromatic carbocycles. The molecule has 2 aromatic rings. The van der Waals surface area contributed by atoms with Gasteiger partial charge in [0.25, 0.3) is 0 Å². The Hall–Kier alpha value is -1.78. The van der Waals surface area contributed by atoms with Gasteiger partial charge in [0, 0.05) is 16.7 Å². The highest BCUT2D eigenvalue weighted by Crippen LogP contribution is 2.53. The number of benzene rings is 2. The third-order valence-electron chi connectivity index (χ3n) is 5.59. The lowest BCUT2D eigenvalue weighted by Crippen LogP contribution is -2.31. The van der Waals surface area contributed by atoms with Crippen LogP contribution in [-0.2, 0) is 5.54 Å². The van der Waals surface area contributed by atoms with Gasteiger partial charge in [-0.15, -0.1) is 12.4 Å². The SMILES string of the molecule is COc1ccc(F)cc1C1CC1CNC1(c2ccccc2OC)CC1.Cl. The fourth-order valence-corrected chi connectivity index (χ4v) is 3.88. The molecule has 26 heavy (non-hydrogen) atoms. The molecule has 2 saturated carbocycles. The van der Waals surface area contributed by atoms with Gasteiger partial charge in [-0.3, -0.25) is 0 Å². The van der Waals surface area contributed by atoms with Crippen molar-refractivity contribution in [1.29, 1.82) is 0 Å². The molecule has 0 heterocycles. The van der Waals surface area contributed by atoms with Crippen molar-refractivity contribution in [2.24, 2.45) is 5.92 Å².